The van der Waals surface area contributed by atoms with E-state index in [0.29, 0.717) is 5.13 Å². The predicted molar refractivity (Wildman–Crippen MR) is 105 cm³/mol. The molecular formula is C18H18N6O3S. The van der Waals surface area contributed by atoms with Gasteiger partial charge in [0.15, 0.2) is 17.3 Å². The molecule has 1 fully saturated rings. The van der Waals surface area contributed by atoms with Crippen molar-refractivity contribution in [2.45, 2.75) is 12.2 Å². The summed E-state index contributed by atoms with van der Waals surface area (Å²) < 4.78 is 0. The van der Waals surface area contributed by atoms with Crippen LogP contribution < -0.4 is 5.32 Å². The van der Waals surface area contributed by atoms with Crippen molar-refractivity contribution in [3.05, 3.63) is 35.7 Å². The molecule has 2 atom stereocenters. The maximum Gasteiger partial charge on any atom is 0.328 e. The lowest BCUT2D eigenvalue weighted by Gasteiger charge is -2.39. The van der Waals surface area contributed by atoms with Crippen molar-refractivity contribution in [2.75, 3.05) is 26.0 Å². The fourth-order valence-electron chi connectivity index (χ4n) is 3.24. The van der Waals surface area contributed by atoms with E-state index in [9.17, 15) is 14.4 Å². The number of amides is 4. The fraction of sp³-hybridized carbons (Fsp3) is 0.278. The van der Waals surface area contributed by atoms with Crippen LogP contribution in [0, 0.1) is 0 Å². The molecule has 0 bridgehead atoms. The zero-order valence-corrected chi connectivity index (χ0v) is 16.1. The molecule has 3 heterocycles. The fourth-order valence-corrected chi connectivity index (χ4v) is 3.97. The summed E-state index contributed by atoms with van der Waals surface area (Å²) in [4.78, 5) is 49.6. The van der Waals surface area contributed by atoms with Gasteiger partial charge < -0.3 is 15.1 Å². The number of aliphatic imine (C=N–C) groups is 1. The highest BCUT2D eigenvalue weighted by Crippen LogP contribution is 2.26. The number of anilines is 1. The Balaban J connectivity index is 1.42. The van der Waals surface area contributed by atoms with Crippen LogP contribution in [0.2, 0.25) is 0 Å². The maximum absolute atomic E-state index is 12.5. The van der Waals surface area contributed by atoms with Crippen molar-refractivity contribution < 1.29 is 14.4 Å². The van der Waals surface area contributed by atoms with E-state index in [1.54, 1.807) is 11.9 Å². The molecule has 9 nitrogen and oxygen atoms in total. The number of imide groups is 1. The molecule has 4 amide bonds. The van der Waals surface area contributed by atoms with E-state index in [1.165, 1.54) is 29.6 Å². The molecule has 10 heteroatoms. The first-order valence-electron chi connectivity index (χ1n) is 8.60. The summed E-state index contributed by atoms with van der Waals surface area (Å²) in [5.41, 5.74) is 1.75. The number of thiazole rings is 1. The monoisotopic (exact) mass is 398 g/mol. The van der Waals surface area contributed by atoms with Gasteiger partial charge in [0.05, 0.1) is 18.6 Å². The molecule has 4 rings (SSSR count). The lowest BCUT2D eigenvalue weighted by molar-refractivity contribution is -0.136. The largest absolute Gasteiger partial charge is 0.338 e. The van der Waals surface area contributed by atoms with E-state index in [0.717, 1.165) is 16.2 Å². The number of aromatic nitrogens is 1. The van der Waals surface area contributed by atoms with Gasteiger partial charge in [-0.3, -0.25) is 14.5 Å². The van der Waals surface area contributed by atoms with E-state index in [-0.39, 0.29) is 18.4 Å². The van der Waals surface area contributed by atoms with E-state index in [2.05, 4.69) is 15.3 Å². The van der Waals surface area contributed by atoms with Crippen LogP contribution in [0.4, 0.5) is 9.93 Å². The summed E-state index contributed by atoms with van der Waals surface area (Å²) in [5, 5.41) is 5.12. The average Bonchev–Trinajstić information content (AvgIpc) is 3.33. The molecule has 1 N–H and O–H groups in total. The first-order chi connectivity index (χ1) is 13.5. The Hall–Kier alpha value is -3.27. The van der Waals surface area contributed by atoms with Crippen molar-refractivity contribution in [1.82, 2.24) is 19.7 Å². The van der Waals surface area contributed by atoms with Gasteiger partial charge in [0, 0.05) is 25.0 Å². The van der Waals surface area contributed by atoms with Crippen LogP contribution in [0.1, 0.15) is 0 Å². The maximum atomic E-state index is 12.5. The van der Waals surface area contributed by atoms with Crippen LogP contribution in [-0.2, 0) is 9.59 Å². The second-order valence-electron chi connectivity index (χ2n) is 6.54. The average molecular weight is 398 g/mol. The van der Waals surface area contributed by atoms with Gasteiger partial charge in [-0.2, -0.15) is 0 Å². The molecule has 0 aliphatic carbocycles. The minimum Gasteiger partial charge on any atom is -0.338 e. The van der Waals surface area contributed by atoms with Crippen LogP contribution >= 0.6 is 11.3 Å². The standard InChI is InChI=1S/C18H18N6O3S/c1-22-15-14(16(26)23(2)18(22)27)24(10-19-15)8-13(25)21-17-20-12(9-28-17)11-6-4-3-5-7-11/h3-7,9-10,14-15H,8H2,1-2H3,(H,20,21,25). The quantitative estimate of drug-likeness (QED) is 0.837. The Morgan fingerprint density at radius 3 is 2.71 bits per heavy atom. The molecule has 2 aliphatic rings. The number of nitrogens with zero attached hydrogens (tertiary/aromatic N) is 5. The molecular weight excluding hydrogens is 380 g/mol. The third-order valence-corrected chi connectivity index (χ3v) is 5.48. The van der Waals surface area contributed by atoms with Gasteiger partial charge in [-0.15, -0.1) is 11.3 Å². The molecule has 0 saturated carbocycles. The van der Waals surface area contributed by atoms with Crippen molar-refractivity contribution in [1.29, 1.82) is 0 Å². The van der Waals surface area contributed by atoms with Gasteiger partial charge in [0.1, 0.15) is 0 Å². The number of likely N-dealkylation sites (N-methyl/N-ethyl adjacent to an activating group) is 2. The highest BCUT2D eigenvalue weighted by atomic mass is 32.1. The third-order valence-electron chi connectivity index (χ3n) is 4.72. The summed E-state index contributed by atoms with van der Waals surface area (Å²) in [6, 6.07) is 8.57. The van der Waals surface area contributed by atoms with E-state index < -0.39 is 18.2 Å². The van der Waals surface area contributed by atoms with Gasteiger partial charge in [0.25, 0.3) is 5.91 Å². The minimum atomic E-state index is -0.699. The molecule has 1 aromatic carbocycles. The molecule has 28 heavy (non-hydrogen) atoms. The van der Waals surface area contributed by atoms with E-state index >= 15 is 0 Å². The summed E-state index contributed by atoms with van der Waals surface area (Å²) in [5.74, 6) is -0.685. The first-order valence-corrected chi connectivity index (χ1v) is 9.48. The number of rotatable bonds is 4. The number of hydrogen-bond acceptors (Lipinski definition) is 7. The van der Waals surface area contributed by atoms with Gasteiger partial charge in [-0.1, -0.05) is 30.3 Å². The number of benzene rings is 1. The van der Waals surface area contributed by atoms with Crippen LogP contribution in [0.15, 0.2) is 40.7 Å². The Kier molecular flexibility index (Phi) is 4.55. The lowest BCUT2D eigenvalue weighted by atomic mass is 10.1. The Bertz CT molecular complexity index is 959. The zero-order valence-electron chi connectivity index (χ0n) is 15.3. The molecule has 1 saturated heterocycles. The normalized spacial score (nSPS) is 21.3. The molecule has 2 aromatic rings. The van der Waals surface area contributed by atoms with Gasteiger partial charge in [-0.05, 0) is 0 Å². The number of carbonyl (C=O) groups is 3. The smallest absolute Gasteiger partial charge is 0.328 e. The van der Waals surface area contributed by atoms with Crippen molar-refractivity contribution >= 4 is 40.7 Å². The number of hydrogen-bond donors (Lipinski definition) is 1. The Morgan fingerprint density at radius 1 is 1.21 bits per heavy atom. The second kappa shape index (κ2) is 7.04. The summed E-state index contributed by atoms with van der Waals surface area (Å²) in [7, 11) is 3.01. The summed E-state index contributed by atoms with van der Waals surface area (Å²) in [6.45, 7) is -0.0630. The molecule has 1 aromatic heterocycles. The van der Waals surface area contributed by atoms with Crippen molar-refractivity contribution in [2.24, 2.45) is 4.99 Å². The third kappa shape index (κ3) is 3.11. The van der Waals surface area contributed by atoms with Gasteiger partial charge in [-0.25, -0.2) is 14.8 Å². The molecule has 0 spiro atoms. The number of nitrogens with one attached hydrogen (secondary N) is 1. The molecule has 2 aliphatic heterocycles. The minimum absolute atomic E-state index is 0.0630. The molecule has 2 unspecified atom stereocenters. The molecule has 0 radical (unpaired) electrons. The van der Waals surface area contributed by atoms with Crippen LogP contribution in [-0.4, -0.2) is 76.7 Å². The van der Waals surface area contributed by atoms with Crippen LogP contribution in [0.25, 0.3) is 11.3 Å². The van der Waals surface area contributed by atoms with Crippen molar-refractivity contribution in [3.63, 3.8) is 0 Å². The Morgan fingerprint density at radius 2 is 1.96 bits per heavy atom. The van der Waals surface area contributed by atoms with E-state index in [1.807, 2.05) is 35.7 Å². The number of urea groups is 1. The van der Waals surface area contributed by atoms with Crippen LogP contribution in [0.3, 0.4) is 0 Å². The second-order valence-corrected chi connectivity index (χ2v) is 7.40. The zero-order chi connectivity index (χ0) is 19.8. The van der Waals surface area contributed by atoms with Crippen molar-refractivity contribution in [3.8, 4) is 11.3 Å². The van der Waals surface area contributed by atoms with Gasteiger partial charge in [0.2, 0.25) is 5.91 Å². The number of fused-ring (bicyclic) bond motifs is 1. The van der Waals surface area contributed by atoms with Gasteiger partial charge >= 0.3 is 6.03 Å². The predicted octanol–water partition coefficient (Wildman–Crippen LogP) is 1.31. The lowest BCUT2D eigenvalue weighted by Crippen LogP contribution is -2.64. The SMILES string of the molecule is CN1C(=O)C2C(N=CN2CC(=O)Nc2nc(-c3ccccc3)cs2)N(C)C1=O. The Labute approximate surface area is 165 Å². The first kappa shape index (κ1) is 18.1. The highest BCUT2D eigenvalue weighted by Gasteiger charge is 2.48. The summed E-state index contributed by atoms with van der Waals surface area (Å²) >= 11 is 1.33. The summed E-state index contributed by atoms with van der Waals surface area (Å²) in [6.07, 6.45) is 0.834. The number of carbonyl (C=O) groups excluding carboxylic acids is 3. The topological polar surface area (TPSA) is 98.2 Å². The highest BCUT2D eigenvalue weighted by molar-refractivity contribution is 7.14. The van der Waals surface area contributed by atoms with Crippen LogP contribution in [0.5, 0.6) is 0 Å². The van der Waals surface area contributed by atoms with E-state index in [4.69, 9.17) is 0 Å². The molecule has 144 valence electrons.